The van der Waals surface area contributed by atoms with Crippen LogP contribution in [-0.4, -0.2) is 13.4 Å². The second kappa shape index (κ2) is 7.03. The zero-order valence-corrected chi connectivity index (χ0v) is 15.5. The van der Waals surface area contributed by atoms with Gasteiger partial charge in [0.15, 0.2) is 0 Å². The van der Waals surface area contributed by atoms with E-state index in [9.17, 15) is 23.7 Å². The minimum atomic E-state index is -3.73. The van der Waals surface area contributed by atoms with E-state index >= 15 is 0 Å². The van der Waals surface area contributed by atoms with Gasteiger partial charge in [-0.3, -0.25) is 4.79 Å². The molecule has 0 saturated heterocycles. The van der Waals surface area contributed by atoms with Gasteiger partial charge in [0, 0.05) is 5.56 Å². The van der Waals surface area contributed by atoms with Crippen molar-refractivity contribution < 1.29 is 8.42 Å². The van der Waals surface area contributed by atoms with Gasteiger partial charge in [-0.15, -0.1) is 0 Å². The van der Waals surface area contributed by atoms with Gasteiger partial charge in [0.05, 0.1) is 9.79 Å². The lowest BCUT2D eigenvalue weighted by atomic mass is 9.97. The van der Waals surface area contributed by atoms with E-state index in [1.807, 2.05) is 13.0 Å². The number of anilines is 1. The average Bonchev–Trinajstić information content (AvgIpc) is 2.68. The predicted octanol–water partition coefficient (Wildman–Crippen LogP) is 2.51. The predicted molar refractivity (Wildman–Crippen MR) is 103 cm³/mol. The van der Waals surface area contributed by atoms with E-state index in [-0.39, 0.29) is 32.3 Å². The number of hydrogen-bond acceptors (Lipinski definition) is 6. The van der Waals surface area contributed by atoms with Crippen molar-refractivity contribution in [2.45, 2.75) is 16.7 Å². The molecule has 0 bridgehead atoms. The van der Waals surface area contributed by atoms with Crippen molar-refractivity contribution in [1.82, 2.24) is 4.98 Å². The topological polar surface area (TPSA) is 141 Å². The number of nitriles is 2. The van der Waals surface area contributed by atoms with Crippen LogP contribution in [0.5, 0.6) is 0 Å². The summed E-state index contributed by atoms with van der Waals surface area (Å²) in [4.78, 5) is 14.5. The smallest absolute Gasteiger partial charge is 0.268 e. The number of sulfone groups is 1. The minimum Gasteiger partial charge on any atom is -0.384 e. The normalized spacial score (nSPS) is 10.8. The van der Waals surface area contributed by atoms with Gasteiger partial charge in [-0.2, -0.15) is 10.5 Å². The fraction of sp³-hybridized carbons (Fsp3) is 0.0500. The van der Waals surface area contributed by atoms with Gasteiger partial charge in [0.25, 0.3) is 5.56 Å². The SMILES string of the molecule is Cc1ccc(S(=O)(=O)c2ccc(-c3c(C#N)c(N)[nH]c(=O)c3C#N)cc2)cc1. The Bertz CT molecular complexity index is 1310. The third-order valence-electron chi connectivity index (χ3n) is 4.25. The molecule has 0 spiro atoms. The first-order valence-electron chi connectivity index (χ1n) is 8.07. The summed E-state index contributed by atoms with van der Waals surface area (Å²) in [6.45, 7) is 1.86. The molecule has 8 heteroatoms. The van der Waals surface area contributed by atoms with Gasteiger partial charge in [-0.05, 0) is 36.8 Å². The van der Waals surface area contributed by atoms with Crippen LogP contribution in [0.3, 0.4) is 0 Å². The number of nitrogens with one attached hydrogen (secondary N) is 1. The molecule has 0 aliphatic carbocycles. The Balaban J connectivity index is 2.15. The summed E-state index contributed by atoms with van der Waals surface area (Å²) in [5, 5.41) is 18.7. The molecule has 1 heterocycles. The fourth-order valence-electron chi connectivity index (χ4n) is 2.79. The number of nitrogens with two attached hydrogens (primary N) is 1. The maximum Gasteiger partial charge on any atom is 0.268 e. The van der Waals surface area contributed by atoms with E-state index in [4.69, 9.17) is 5.73 Å². The number of aromatic nitrogens is 1. The van der Waals surface area contributed by atoms with Crippen molar-refractivity contribution in [3.8, 4) is 23.3 Å². The lowest BCUT2D eigenvalue weighted by molar-refractivity contribution is 0.596. The number of aromatic amines is 1. The molecular formula is C20H14N4O3S. The molecular weight excluding hydrogens is 376 g/mol. The Labute approximate surface area is 161 Å². The van der Waals surface area contributed by atoms with Crippen LogP contribution in [0.25, 0.3) is 11.1 Å². The lowest BCUT2D eigenvalue weighted by Gasteiger charge is -2.10. The summed E-state index contributed by atoms with van der Waals surface area (Å²) in [6.07, 6.45) is 0. The van der Waals surface area contributed by atoms with E-state index in [2.05, 4.69) is 4.98 Å². The van der Waals surface area contributed by atoms with Crippen LogP contribution in [-0.2, 0) is 9.84 Å². The van der Waals surface area contributed by atoms with Crippen LogP contribution in [0, 0.1) is 29.6 Å². The standard InChI is InChI=1S/C20H14N4O3S/c1-12-2-6-14(7-3-12)28(26,27)15-8-4-13(5-9-15)18-16(10-21)19(23)24-20(25)17(18)11-22/h2-9H,1H3,(H3,23,24,25). The molecule has 0 fully saturated rings. The van der Waals surface area contributed by atoms with Gasteiger partial charge < -0.3 is 10.7 Å². The van der Waals surface area contributed by atoms with Crippen molar-refractivity contribution in [2.24, 2.45) is 0 Å². The highest BCUT2D eigenvalue weighted by atomic mass is 32.2. The average molecular weight is 390 g/mol. The van der Waals surface area contributed by atoms with E-state index in [0.29, 0.717) is 5.56 Å². The second-order valence-electron chi connectivity index (χ2n) is 6.06. The molecule has 1 aromatic heterocycles. The molecule has 0 unspecified atom stereocenters. The Morgan fingerprint density at radius 2 is 1.39 bits per heavy atom. The number of aryl methyl sites for hydroxylation is 1. The third-order valence-corrected chi connectivity index (χ3v) is 6.04. The van der Waals surface area contributed by atoms with E-state index < -0.39 is 15.4 Å². The molecule has 3 aromatic rings. The van der Waals surface area contributed by atoms with Crippen molar-refractivity contribution in [1.29, 1.82) is 10.5 Å². The molecule has 0 amide bonds. The van der Waals surface area contributed by atoms with Crippen LogP contribution in [0.4, 0.5) is 5.82 Å². The first kappa shape index (κ1) is 18.9. The van der Waals surface area contributed by atoms with Crippen molar-refractivity contribution in [3.05, 3.63) is 75.6 Å². The highest BCUT2D eigenvalue weighted by molar-refractivity contribution is 7.91. The molecule has 0 atom stereocenters. The summed E-state index contributed by atoms with van der Waals surface area (Å²) in [5.41, 5.74) is 6.02. The number of H-pyrrole nitrogens is 1. The van der Waals surface area contributed by atoms with Crippen molar-refractivity contribution in [2.75, 3.05) is 5.73 Å². The Morgan fingerprint density at radius 3 is 1.89 bits per heavy atom. The number of nitrogens with zero attached hydrogens (tertiary/aromatic N) is 2. The Kier molecular flexibility index (Phi) is 4.74. The van der Waals surface area contributed by atoms with Crippen LogP contribution in [0.1, 0.15) is 16.7 Å². The molecule has 0 radical (unpaired) electrons. The van der Waals surface area contributed by atoms with Crippen LogP contribution < -0.4 is 11.3 Å². The van der Waals surface area contributed by atoms with Gasteiger partial charge in [0.1, 0.15) is 29.1 Å². The maximum atomic E-state index is 12.8. The molecule has 138 valence electrons. The molecule has 2 aromatic carbocycles. The maximum absolute atomic E-state index is 12.8. The zero-order chi connectivity index (χ0) is 20.5. The van der Waals surface area contributed by atoms with E-state index in [1.165, 1.54) is 36.4 Å². The summed E-state index contributed by atoms with van der Waals surface area (Å²) >= 11 is 0. The van der Waals surface area contributed by atoms with Gasteiger partial charge >= 0.3 is 0 Å². The first-order chi connectivity index (χ1) is 13.3. The summed E-state index contributed by atoms with van der Waals surface area (Å²) in [5.74, 6) is -0.155. The van der Waals surface area contributed by atoms with E-state index in [1.54, 1.807) is 18.2 Å². The monoisotopic (exact) mass is 390 g/mol. The van der Waals surface area contributed by atoms with Gasteiger partial charge in [-0.25, -0.2) is 8.42 Å². The van der Waals surface area contributed by atoms with Crippen LogP contribution >= 0.6 is 0 Å². The van der Waals surface area contributed by atoms with E-state index in [0.717, 1.165) is 5.56 Å². The number of benzene rings is 2. The Hall–Kier alpha value is -3.88. The number of hydrogen-bond donors (Lipinski definition) is 2. The van der Waals surface area contributed by atoms with Crippen molar-refractivity contribution >= 4 is 15.7 Å². The molecule has 28 heavy (non-hydrogen) atoms. The molecule has 0 aliphatic heterocycles. The Morgan fingerprint density at radius 1 is 0.893 bits per heavy atom. The number of rotatable bonds is 3. The highest BCUT2D eigenvalue weighted by Crippen LogP contribution is 2.30. The first-order valence-corrected chi connectivity index (χ1v) is 9.56. The number of pyridine rings is 1. The largest absolute Gasteiger partial charge is 0.384 e. The molecule has 0 aliphatic rings. The number of nitrogen functional groups attached to an aromatic ring is 1. The molecule has 0 saturated carbocycles. The summed E-state index contributed by atoms with van der Waals surface area (Å²) < 4.78 is 25.5. The van der Waals surface area contributed by atoms with Crippen LogP contribution in [0.15, 0.2) is 63.1 Å². The van der Waals surface area contributed by atoms with Crippen molar-refractivity contribution in [3.63, 3.8) is 0 Å². The third kappa shape index (κ3) is 3.13. The quantitative estimate of drug-likeness (QED) is 0.704. The fourth-order valence-corrected chi connectivity index (χ4v) is 4.05. The lowest BCUT2D eigenvalue weighted by Crippen LogP contribution is -2.16. The van der Waals surface area contributed by atoms with Crippen LogP contribution in [0.2, 0.25) is 0 Å². The van der Waals surface area contributed by atoms with Gasteiger partial charge in [0.2, 0.25) is 9.84 Å². The molecule has 7 nitrogen and oxygen atoms in total. The summed E-state index contributed by atoms with van der Waals surface area (Å²) in [7, 11) is -3.73. The zero-order valence-electron chi connectivity index (χ0n) is 14.7. The highest BCUT2D eigenvalue weighted by Gasteiger charge is 2.20. The molecule has 3 rings (SSSR count). The summed E-state index contributed by atoms with van der Waals surface area (Å²) in [6, 6.07) is 15.7. The second-order valence-corrected chi connectivity index (χ2v) is 8.01. The molecule has 3 N–H and O–H groups in total. The van der Waals surface area contributed by atoms with Gasteiger partial charge in [-0.1, -0.05) is 29.8 Å². The minimum absolute atomic E-state index is 0.0507.